The number of nitrogens with one attached hydrogen (secondary N) is 1. The molecule has 0 atom stereocenters. The Balaban J connectivity index is 1.91. The predicted octanol–water partition coefficient (Wildman–Crippen LogP) is 4.61. The van der Waals surface area contributed by atoms with E-state index in [-0.39, 0.29) is 0 Å². The molecule has 5 heteroatoms. The summed E-state index contributed by atoms with van der Waals surface area (Å²) in [4.78, 5) is 5.55. The zero-order chi connectivity index (χ0) is 12.3. The Bertz CT molecular complexity index is 392. The highest BCUT2D eigenvalue weighted by molar-refractivity contribution is 6.44. The van der Waals surface area contributed by atoms with Crippen molar-refractivity contribution in [1.82, 2.24) is 5.48 Å². The Kier molecular flexibility index (Phi) is 4.95. The molecule has 1 aliphatic carbocycles. The van der Waals surface area contributed by atoms with Gasteiger partial charge < -0.3 is 0 Å². The molecule has 17 heavy (non-hydrogen) atoms. The van der Waals surface area contributed by atoms with Gasteiger partial charge in [-0.3, -0.25) is 4.84 Å². The number of benzene rings is 1. The van der Waals surface area contributed by atoms with Gasteiger partial charge in [-0.25, -0.2) is 0 Å². The van der Waals surface area contributed by atoms with Gasteiger partial charge in [0, 0.05) is 17.1 Å². The smallest absolute Gasteiger partial charge is 0.0790 e. The average molecular weight is 295 g/mol. The van der Waals surface area contributed by atoms with E-state index in [0.29, 0.717) is 27.7 Å². The molecule has 0 aliphatic heterocycles. The molecule has 1 aromatic rings. The van der Waals surface area contributed by atoms with Crippen molar-refractivity contribution >= 4 is 34.8 Å². The lowest BCUT2D eigenvalue weighted by Gasteiger charge is -2.13. The fourth-order valence-corrected chi connectivity index (χ4v) is 2.65. The summed E-state index contributed by atoms with van der Waals surface area (Å²) in [6, 6.07) is 3.43. The topological polar surface area (TPSA) is 21.3 Å². The molecule has 0 aromatic heterocycles. The molecule has 2 rings (SSSR count). The standard InChI is InChI=1S/C12H14Cl3NO/c13-10-5-6-11(14)12(15)9(10)7-16-17-8-3-1-2-4-8/h5-6,8,16H,1-4,7H2. The highest BCUT2D eigenvalue weighted by Crippen LogP contribution is 2.31. The summed E-state index contributed by atoms with van der Waals surface area (Å²) in [7, 11) is 0. The Morgan fingerprint density at radius 3 is 2.47 bits per heavy atom. The van der Waals surface area contributed by atoms with Crippen LogP contribution in [0.5, 0.6) is 0 Å². The fourth-order valence-electron chi connectivity index (χ4n) is 1.97. The van der Waals surface area contributed by atoms with Gasteiger partial charge in [-0.1, -0.05) is 47.6 Å². The van der Waals surface area contributed by atoms with Crippen molar-refractivity contribution in [2.75, 3.05) is 0 Å². The number of hydroxylamine groups is 1. The second-order valence-electron chi connectivity index (χ2n) is 4.17. The van der Waals surface area contributed by atoms with E-state index < -0.39 is 0 Å². The Hall–Kier alpha value is 0.01000. The van der Waals surface area contributed by atoms with Crippen LogP contribution in [0.3, 0.4) is 0 Å². The van der Waals surface area contributed by atoms with Gasteiger partial charge >= 0.3 is 0 Å². The third kappa shape index (κ3) is 3.49. The first-order valence-corrected chi connectivity index (χ1v) is 6.82. The summed E-state index contributed by atoms with van der Waals surface area (Å²) in [6.07, 6.45) is 5.02. The van der Waals surface area contributed by atoms with Gasteiger partial charge in [0.2, 0.25) is 0 Å². The average Bonchev–Trinajstić information content (AvgIpc) is 2.81. The van der Waals surface area contributed by atoms with Gasteiger partial charge in [-0.15, -0.1) is 0 Å². The van der Waals surface area contributed by atoms with E-state index in [1.54, 1.807) is 12.1 Å². The molecule has 0 heterocycles. The summed E-state index contributed by atoms with van der Waals surface area (Å²) >= 11 is 18.1. The first-order valence-electron chi connectivity index (χ1n) is 5.69. The quantitative estimate of drug-likeness (QED) is 0.647. The van der Waals surface area contributed by atoms with Crippen molar-refractivity contribution in [3.8, 4) is 0 Å². The first-order chi connectivity index (χ1) is 8.18. The van der Waals surface area contributed by atoms with Crippen LogP contribution in [-0.4, -0.2) is 6.10 Å². The van der Waals surface area contributed by atoms with Gasteiger partial charge in [0.25, 0.3) is 0 Å². The zero-order valence-electron chi connectivity index (χ0n) is 9.31. The van der Waals surface area contributed by atoms with E-state index in [9.17, 15) is 0 Å². The lowest BCUT2D eigenvalue weighted by Crippen LogP contribution is -2.21. The first kappa shape index (κ1) is 13.4. The van der Waals surface area contributed by atoms with Crippen LogP contribution in [0.15, 0.2) is 12.1 Å². The largest absolute Gasteiger partial charge is 0.298 e. The molecule has 1 aliphatic rings. The Morgan fingerprint density at radius 1 is 1.12 bits per heavy atom. The summed E-state index contributed by atoms with van der Waals surface area (Å²) in [6.45, 7) is 0.467. The van der Waals surface area contributed by atoms with Gasteiger partial charge in [-0.2, -0.15) is 5.48 Å². The maximum absolute atomic E-state index is 6.08. The number of halogens is 3. The van der Waals surface area contributed by atoms with Gasteiger partial charge in [0.05, 0.1) is 16.1 Å². The predicted molar refractivity (Wildman–Crippen MR) is 71.7 cm³/mol. The zero-order valence-corrected chi connectivity index (χ0v) is 11.6. The SMILES string of the molecule is Clc1ccc(Cl)c(CNOC2CCCC2)c1Cl. The third-order valence-corrected chi connectivity index (χ3v) is 4.14. The highest BCUT2D eigenvalue weighted by Gasteiger charge is 2.16. The van der Waals surface area contributed by atoms with Crippen molar-refractivity contribution in [2.45, 2.75) is 38.3 Å². The second kappa shape index (κ2) is 6.26. The lowest BCUT2D eigenvalue weighted by atomic mass is 10.2. The van der Waals surface area contributed by atoms with Crippen molar-refractivity contribution < 1.29 is 4.84 Å². The molecule has 0 unspecified atom stereocenters. The van der Waals surface area contributed by atoms with Crippen LogP contribution in [0.2, 0.25) is 15.1 Å². The normalized spacial score (nSPS) is 16.6. The van der Waals surface area contributed by atoms with Gasteiger partial charge in [0.15, 0.2) is 0 Å². The molecule has 0 saturated heterocycles. The maximum Gasteiger partial charge on any atom is 0.0790 e. The second-order valence-corrected chi connectivity index (χ2v) is 5.36. The molecule has 0 amide bonds. The van der Waals surface area contributed by atoms with Crippen molar-refractivity contribution in [3.63, 3.8) is 0 Å². The van der Waals surface area contributed by atoms with Gasteiger partial charge in [0.1, 0.15) is 0 Å². The minimum Gasteiger partial charge on any atom is -0.298 e. The van der Waals surface area contributed by atoms with E-state index in [1.165, 1.54) is 12.8 Å². The van der Waals surface area contributed by atoms with Gasteiger partial charge in [-0.05, 0) is 25.0 Å². The molecule has 0 spiro atoms. The maximum atomic E-state index is 6.08. The van der Waals surface area contributed by atoms with Crippen LogP contribution in [0.4, 0.5) is 0 Å². The molecule has 1 saturated carbocycles. The molecule has 2 nitrogen and oxygen atoms in total. The molecule has 0 bridgehead atoms. The van der Waals surface area contributed by atoms with Crippen LogP contribution in [0, 0.1) is 0 Å². The lowest BCUT2D eigenvalue weighted by molar-refractivity contribution is -0.0243. The Labute approximate surface area is 116 Å². The highest BCUT2D eigenvalue weighted by atomic mass is 35.5. The van der Waals surface area contributed by atoms with Crippen LogP contribution < -0.4 is 5.48 Å². The van der Waals surface area contributed by atoms with Crippen LogP contribution in [0.25, 0.3) is 0 Å². The number of hydrogen-bond donors (Lipinski definition) is 1. The van der Waals surface area contributed by atoms with Crippen molar-refractivity contribution in [2.24, 2.45) is 0 Å². The molecule has 0 radical (unpaired) electrons. The van der Waals surface area contributed by atoms with Crippen LogP contribution >= 0.6 is 34.8 Å². The summed E-state index contributed by atoms with van der Waals surface area (Å²) in [5.74, 6) is 0. The fraction of sp³-hybridized carbons (Fsp3) is 0.500. The number of hydrogen-bond acceptors (Lipinski definition) is 2. The molecular formula is C12H14Cl3NO. The summed E-state index contributed by atoms with van der Waals surface area (Å²) in [5, 5.41) is 1.59. The molecule has 94 valence electrons. The van der Waals surface area contributed by atoms with E-state index in [2.05, 4.69) is 5.48 Å². The molecule has 1 aromatic carbocycles. The van der Waals surface area contributed by atoms with E-state index in [0.717, 1.165) is 18.4 Å². The third-order valence-electron chi connectivity index (χ3n) is 2.94. The van der Waals surface area contributed by atoms with Crippen LogP contribution in [-0.2, 0) is 11.4 Å². The van der Waals surface area contributed by atoms with E-state index in [1.807, 2.05) is 0 Å². The molecule has 1 fully saturated rings. The van der Waals surface area contributed by atoms with E-state index >= 15 is 0 Å². The molecule has 1 N–H and O–H groups in total. The van der Waals surface area contributed by atoms with Crippen molar-refractivity contribution in [1.29, 1.82) is 0 Å². The minimum absolute atomic E-state index is 0.312. The molecular weight excluding hydrogens is 280 g/mol. The summed E-state index contributed by atoms with van der Waals surface area (Å²) in [5.41, 5.74) is 3.70. The van der Waals surface area contributed by atoms with Crippen molar-refractivity contribution in [3.05, 3.63) is 32.8 Å². The van der Waals surface area contributed by atoms with Crippen LogP contribution in [0.1, 0.15) is 31.2 Å². The Morgan fingerprint density at radius 2 is 1.76 bits per heavy atom. The minimum atomic E-state index is 0.312. The number of rotatable bonds is 4. The van der Waals surface area contributed by atoms with E-state index in [4.69, 9.17) is 39.6 Å². The monoisotopic (exact) mass is 293 g/mol. The summed E-state index contributed by atoms with van der Waals surface area (Å²) < 4.78 is 0.